The highest BCUT2D eigenvalue weighted by molar-refractivity contribution is 9.10. The standard InChI is InChI=1S/C16H18BrFN2S/c17-12-6-5-10(13(18)9-12)7-14(20-19)16-8-11-3-1-2-4-15(11)21-16/h5-6,8-9,14,20H,1-4,7,19H2. The molecule has 1 unspecified atom stereocenters. The number of nitrogens with two attached hydrogens (primary N) is 1. The zero-order valence-electron chi connectivity index (χ0n) is 11.7. The van der Waals surface area contributed by atoms with Crippen molar-refractivity contribution in [2.75, 3.05) is 0 Å². The quantitative estimate of drug-likeness (QED) is 0.624. The van der Waals surface area contributed by atoms with Crippen molar-refractivity contribution in [1.82, 2.24) is 5.43 Å². The molecule has 3 rings (SSSR count). The maximum Gasteiger partial charge on any atom is 0.127 e. The molecule has 1 aromatic heterocycles. The molecule has 1 aromatic carbocycles. The first-order chi connectivity index (χ1) is 10.2. The van der Waals surface area contributed by atoms with Crippen molar-refractivity contribution in [3.05, 3.63) is 55.4 Å². The zero-order valence-corrected chi connectivity index (χ0v) is 14.1. The minimum atomic E-state index is -0.189. The minimum absolute atomic E-state index is 0.0312. The second-order valence-corrected chi connectivity index (χ2v) is 7.55. The third-order valence-electron chi connectivity index (χ3n) is 4.00. The van der Waals surface area contributed by atoms with E-state index in [-0.39, 0.29) is 11.9 Å². The van der Waals surface area contributed by atoms with E-state index in [9.17, 15) is 4.39 Å². The second-order valence-electron chi connectivity index (χ2n) is 5.46. The van der Waals surface area contributed by atoms with E-state index in [1.165, 1.54) is 40.6 Å². The Labute approximate surface area is 136 Å². The van der Waals surface area contributed by atoms with Crippen LogP contribution in [0.2, 0.25) is 0 Å². The molecule has 0 amide bonds. The molecule has 1 atom stereocenters. The summed E-state index contributed by atoms with van der Waals surface area (Å²) in [5, 5.41) is 0. The van der Waals surface area contributed by atoms with Crippen LogP contribution in [0.3, 0.4) is 0 Å². The van der Waals surface area contributed by atoms with Gasteiger partial charge < -0.3 is 0 Å². The van der Waals surface area contributed by atoms with E-state index in [4.69, 9.17) is 5.84 Å². The van der Waals surface area contributed by atoms with E-state index in [1.54, 1.807) is 0 Å². The summed E-state index contributed by atoms with van der Waals surface area (Å²) in [6.45, 7) is 0. The van der Waals surface area contributed by atoms with Crippen LogP contribution in [0.25, 0.3) is 0 Å². The van der Waals surface area contributed by atoms with E-state index in [0.29, 0.717) is 12.0 Å². The highest BCUT2D eigenvalue weighted by Gasteiger charge is 2.20. The normalized spacial score (nSPS) is 15.8. The largest absolute Gasteiger partial charge is 0.271 e. The summed E-state index contributed by atoms with van der Waals surface area (Å²) in [6, 6.07) is 7.40. The van der Waals surface area contributed by atoms with E-state index in [1.807, 2.05) is 23.5 Å². The third-order valence-corrected chi connectivity index (χ3v) is 5.84. The van der Waals surface area contributed by atoms with Crippen LogP contribution in [0.4, 0.5) is 4.39 Å². The summed E-state index contributed by atoms with van der Waals surface area (Å²) >= 11 is 5.11. The molecule has 0 saturated heterocycles. The van der Waals surface area contributed by atoms with Gasteiger partial charge in [0.1, 0.15) is 5.82 Å². The van der Waals surface area contributed by atoms with Crippen LogP contribution in [0, 0.1) is 5.82 Å². The fraction of sp³-hybridized carbons (Fsp3) is 0.375. The highest BCUT2D eigenvalue weighted by atomic mass is 79.9. The maximum absolute atomic E-state index is 14.0. The van der Waals surface area contributed by atoms with Gasteiger partial charge in [0.25, 0.3) is 0 Å². The molecule has 1 aliphatic carbocycles. The lowest BCUT2D eigenvalue weighted by atomic mass is 9.98. The van der Waals surface area contributed by atoms with E-state index in [0.717, 1.165) is 10.9 Å². The van der Waals surface area contributed by atoms with Crippen LogP contribution >= 0.6 is 27.3 Å². The molecule has 1 aliphatic rings. The van der Waals surface area contributed by atoms with Crippen LogP contribution in [-0.4, -0.2) is 0 Å². The van der Waals surface area contributed by atoms with Crippen LogP contribution in [-0.2, 0) is 19.3 Å². The Bertz CT molecular complexity index is 618. The molecule has 0 aliphatic heterocycles. The van der Waals surface area contributed by atoms with Gasteiger partial charge in [0.05, 0.1) is 6.04 Å². The molecular formula is C16H18BrFN2S. The molecule has 0 bridgehead atoms. The Hall–Kier alpha value is -0.750. The summed E-state index contributed by atoms with van der Waals surface area (Å²) in [7, 11) is 0. The molecule has 0 radical (unpaired) electrons. The molecule has 0 saturated carbocycles. The first-order valence-corrected chi connectivity index (χ1v) is 8.80. The monoisotopic (exact) mass is 368 g/mol. The van der Waals surface area contributed by atoms with Crippen molar-refractivity contribution in [1.29, 1.82) is 0 Å². The molecule has 0 fully saturated rings. The lowest BCUT2D eigenvalue weighted by molar-refractivity contribution is 0.535. The summed E-state index contributed by atoms with van der Waals surface area (Å²) < 4.78 is 14.8. The van der Waals surface area contributed by atoms with Crippen molar-refractivity contribution in [3.8, 4) is 0 Å². The Morgan fingerprint density at radius 3 is 2.81 bits per heavy atom. The predicted molar refractivity (Wildman–Crippen MR) is 88.8 cm³/mol. The van der Waals surface area contributed by atoms with Gasteiger partial charge in [-0.1, -0.05) is 22.0 Å². The molecule has 3 N–H and O–H groups in total. The van der Waals surface area contributed by atoms with E-state index >= 15 is 0 Å². The number of hydrogen-bond acceptors (Lipinski definition) is 3. The number of nitrogens with one attached hydrogen (secondary N) is 1. The lowest BCUT2D eigenvalue weighted by Gasteiger charge is -2.15. The molecule has 1 heterocycles. The van der Waals surface area contributed by atoms with Gasteiger partial charge in [-0.2, -0.15) is 0 Å². The average molecular weight is 369 g/mol. The number of halogens is 2. The van der Waals surface area contributed by atoms with Crippen molar-refractivity contribution < 1.29 is 4.39 Å². The highest BCUT2D eigenvalue weighted by Crippen LogP contribution is 2.34. The Morgan fingerprint density at radius 2 is 2.10 bits per heavy atom. The zero-order chi connectivity index (χ0) is 14.8. The van der Waals surface area contributed by atoms with Gasteiger partial charge in [-0.3, -0.25) is 11.3 Å². The summed E-state index contributed by atoms with van der Waals surface area (Å²) in [5.41, 5.74) is 4.99. The van der Waals surface area contributed by atoms with Gasteiger partial charge in [0, 0.05) is 14.2 Å². The fourth-order valence-corrected chi connectivity index (χ4v) is 4.49. The Kier molecular flexibility index (Phi) is 4.74. The first kappa shape index (κ1) is 15.2. The van der Waals surface area contributed by atoms with Crippen molar-refractivity contribution in [2.45, 2.75) is 38.1 Å². The Morgan fingerprint density at radius 1 is 1.29 bits per heavy atom. The number of hydrogen-bond donors (Lipinski definition) is 2. The van der Waals surface area contributed by atoms with E-state index < -0.39 is 0 Å². The number of rotatable bonds is 4. The summed E-state index contributed by atoms with van der Waals surface area (Å²) in [5.74, 6) is 5.53. The van der Waals surface area contributed by atoms with Gasteiger partial charge in [-0.15, -0.1) is 11.3 Å². The first-order valence-electron chi connectivity index (χ1n) is 7.19. The van der Waals surface area contributed by atoms with Gasteiger partial charge in [0.15, 0.2) is 0 Å². The molecule has 5 heteroatoms. The summed E-state index contributed by atoms with van der Waals surface area (Å²) in [4.78, 5) is 2.69. The predicted octanol–water partition coefficient (Wildman–Crippen LogP) is 4.28. The van der Waals surface area contributed by atoms with Gasteiger partial charge >= 0.3 is 0 Å². The van der Waals surface area contributed by atoms with Crippen LogP contribution in [0.5, 0.6) is 0 Å². The van der Waals surface area contributed by atoms with Crippen LogP contribution in [0.1, 0.15) is 39.8 Å². The maximum atomic E-state index is 14.0. The number of hydrazine groups is 1. The Balaban J connectivity index is 1.83. The van der Waals surface area contributed by atoms with Gasteiger partial charge in [-0.25, -0.2) is 4.39 Å². The molecule has 112 valence electrons. The van der Waals surface area contributed by atoms with Crippen LogP contribution in [0.15, 0.2) is 28.7 Å². The summed E-state index contributed by atoms with van der Waals surface area (Å²) in [6.07, 6.45) is 5.44. The van der Waals surface area contributed by atoms with Crippen molar-refractivity contribution in [2.24, 2.45) is 5.84 Å². The van der Waals surface area contributed by atoms with Gasteiger partial charge in [-0.05, 0) is 61.4 Å². The number of aryl methyl sites for hydroxylation is 2. The van der Waals surface area contributed by atoms with Crippen LogP contribution < -0.4 is 11.3 Å². The number of benzene rings is 1. The van der Waals surface area contributed by atoms with Crippen molar-refractivity contribution in [3.63, 3.8) is 0 Å². The average Bonchev–Trinajstić information content (AvgIpc) is 2.90. The molecule has 21 heavy (non-hydrogen) atoms. The molecule has 2 nitrogen and oxygen atoms in total. The lowest BCUT2D eigenvalue weighted by Crippen LogP contribution is -2.29. The fourth-order valence-electron chi connectivity index (χ4n) is 2.83. The number of fused-ring (bicyclic) bond motifs is 1. The molecular weight excluding hydrogens is 351 g/mol. The molecule has 0 spiro atoms. The van der Waals surface area contributed by atoms with E-state index in [2.05, 4.69) is 27.4 Å². The number of thiophene rings is 1. The second kappa shape index (κ2) is 6.57. The smallest absolute Gasteiger partial charge is 0.127 e. The van der Waals surface area contributed by atoms with Crippen molar-refractivity contribution >= 4 is 27.3 Å². The SMILES string of the molecule is NNC(Cc1ccc(Br)cc1F)c1cc2c(s1)CCCC2. The molecule has 2 aromatic rings. The third kappa shape index (κ3) is 3.37. The van der Waals surface area contributed by atoms with Gasteiger partial charge in [0.2, 0.25) is 0 Å². The topological polar surface area (TPSA) is 38.0 Å². The minimum Gasteiger partial charge on any atom is -0.271 e.